The van der Waals surface area contributed by atoms with E-state index >= 15 is 0 Å². The van der Waals surface area contributed by atoms with Crippen LogP contribution in [0.1, 0.15) is 39.2 Å². The van der Waals surface area contributed by atoms with E-state index in [1.807, 2.05) is 51.1 Å². The molecule has 0 saturated carbocycles. The van der Waals surface area contributed by atoms with Crippen LogP contribution in [0, 0.1) is 0 Å². The molecule has 0 spiro atoms. The van der Waals surface area contributed by atoms with Gasteiger partial charge in [-0.3, -0.25) is 0 Å². The fourth-order valence-electron chi connectivity index (χ4n) is 2.71. The van der Waals surface area contributed by atoms with Crippen molar-refractivity contribution in [3.8, 4) is 0 Å². The zero-order valence-electron chi connectivity index (χ0n) is 13.1. The fraction of sp³-hybridized carbons (Fsp3) is 0.588. The Morgan fingerprint density at radius 3 is 2.62 bits per heavy atom. The molecule has 1 fully saturated rings. The zero-order chi connectivity index (χ0) is 15.5. The van der Waals surface area contributed by atoms with Gasteiger partial charge in [-0.15, -0.1) is 0 Å². The Kier molecular flexibility index (Phi) is 4.57. The van der Waals surface area contributed by atoms with Crippen molar-refractivity contribution in [1.29, 1.82) is 0 Å². The van der Waals surface area contributed by atoms with Gasteiger partial charge in [-0.1, -0.05) is 30.3 Å². The topological polar surface area (TPSA) is 49.8 Å². The number of benzene rings is 1. The molecule has 1 amide bonds. The fourth-order valence-corrected chi connectivity index (χ4v) is 2.71. The first-order valence-corrected chi connectivity index (χ1v) is 7.52. The molecule has 1 N–H and O–H groups in total. The average molecular weight is 291 g/mol. The Labute approximate surface area is 126 Å². The molecular weight excluding hydrogens is 266 g/mol. The van der Waals surface area contributed by atoms with Crippen molar-refractivity contribution in [3.05, 3.63) is 35.9 Å². The molecule has 1 aromatic rings. The molecule has 0 aromatic heterocycles. The molecule has 1 aromatic carbocycles. The van der Waals surface area contributed by atoms with Gasteiger partial charge in [-0.25, -0.2) is 4.79 Å². The second kappa shape index (κ2) is 6.06. The van der Waals surface area contributed by atoms with Crippen LogP contribution in [-0.4, -0.2) is 40.4 Å². The van der Waals surface area contributed by atoms with Gasteiger partial charge >= 0.3 is 6.09 Å². The minimum atomic E-state index is -0.865. The van der Waals surface area contributed by atoms with E-state index in [1.165, 1.54) is 0 Å². The highest BCUT2D eigenvalue weighted by atomic mass is 16.6. The lowest BCUT2D eigenvalue weighted by atomic mass is 9.87. The third-order valence-corrected chi connectivity index (χ3v) is 3.58. The standard InChI is InChI=1S/C17H25NO3/c1-16(2,3)21-15(19)18-11-7-10-17(20,13-18)12-14-8-5-4-6-9-14/h4-6,8-9,20H,7,10-13H2,1-3H3/t17-/m1/s1. The number of likely N-dealkylation sites (tertiary alicyclic amines) is 1. The maximum atomic E-state index is 12.1. The zero-order valence-corrected chi connectivity index (χ0v) is 13.1. The predicted molar refractivity (Wildman–Crippen MR) is 82.1 cm³/mol. The third-order valence-electron chi connectivity index (χ3n) is 3.58. The highest BCUT2D eigenvalue weighted by molar-refractivity contribution is 5.68. The summed E-state index contributed by atoms with van der Waals surface area (Å²) in [5.41, 5.74) is -0.284. The number of aliphatic hydroxyl groups is 1. The van der Waals surface area contributed by atoms with Crippen LogP contribution in [0.25, 0.3) is 0 Å². The van der Waals surface area contributed by atoms with E-state index in [4.69, 9.17) is 4.74 Å². The number of carbonyl (C=O) groups excluding carboxylic acids is 1. The minimum absolute atomic E-state index is 0.330. The molecule has 1 aliphatic rings. The van der Waals surface area contributed by atoms with Gasteiger partial charge in [0.1, 0.15) is 5.60 Å². The van der Waals surface area contributed by atoms with Gasteiger partial charge in [0.25, 0.3) is 0 Å². The summed E-state index contributed by atoms with van der Waals surface area (Å²) in [5, 5.41) is 10.8. The summed E-state index contributed by atoms with van der Waals surface area (Å²) in [6, 6.07) is 9.90. The van der Waals surface area contributed by atoms with Gasteiger partial charge in [0.15, 0.2) is 0 Å². The van der Waals surface area contributed by atoms with Crippen molar-refractivity contribution in [2.24, 2.45) is 0 Å². The summed E-state index contributed by atoms with van der Waals surface area (Å²) in [6.45, 7) is 6.53. The molecule has 21 heavy (non-hydrogen) atoms. The highest BCUT2D eigenvalue weighted by Crippen LogP contribution is 2.26. The number of hydrogen-bond acceptors (Lipinski definition) is 3. The van der Waals surface area contributed by atoms with E-state index in [0.29, 0.717) is 25.9 Å². The Morgan fingerprint density at radius 1 is 1.33 bits per heavy atom. The number of rotatable bonds is 2. The summed E-state index contributed by atoms with van der Waals surface area (Å²) in [7, 11) is 0. The first-order valence-electron chi connectivity index (χ1n) is 7.52. The Bertz CT molecular complexity index is 481. The van der Waals surface area contributed by atoms with E-state index in [9.17, 15) is 9.90 Å². The van der Waals surface area contributed by atoms with Crippen LogP contribution in [0.2, 0.25) is 0 Å². The van der Waals surface area contributed by atoms with Gasteiger partial charge in [0.2, 0.25) is 0 Å². The lowest BCUT2D eigenvalue weighted by molar-refractivity contribution is -0.0425. The molecule has 1 saturated heterocycles. The van der Waals surface area contributed by atoms with E-state index in [0.717, 1.165) is 12.0 Å². The Morgan fingerprint density at radius 2 is 2.00 bits per heavy atom. The molecule has 4 nitrogen and oxygen atoms in total. The van der Waals surface area contributed by atoms with Crippen LogP contribution in [0.4, 0.5) is 4.79 Å². The monoisotopic (exact) mass is 291 g/mol. The highest BCUT2D eigenvalue weighted by Gasteiger charge is 2.36. The molecule has 1 heterocycles. The van der Waals surface area contributed by atoms with Gasteiger partial charge in [0.05, 0.1) is 12.1 Å². The summed E-state index contributed by atoms with van der Waals surface area (Å²) in [6.07, 6.45) is 1.73. The molecule has 0 aliphatic carbocycles. The quantitative estimate of drug-likeness (QED) is 0.911. The van der Waals surface area contributed by atoms with Crippen LogP contribution in [0.5, 0.6) is 0 Å². The van der Waals surface area contributed by atoms with Crippen LogP contribution < -0.4 is 0 Å². The second-order valence-corrected chi connectivity index (χ2v) is 6.89. The Balaban J connectivity index is 2.01. The normalized spacial score (nSPS) is 23.0. The maximum Gasteiger partial charge on any atom is 0.410 e. The smallest absolute Gasteiger partial charge is 0.410 e. The van der Waals surface area contributed by atoms with E-state index < -0.39 is 11.2 Å². The van der Waals surface area contributed by atoms with Crippen molar-refractivity contribution < 1.29 is 14.6 Å². The average Bonchev–Trinajstić information content (AvgIpc) is 2.37. The third kappa shape index (κ3) is 4.74. The van der Waals surface area contributed by atoms with Crippen molar-refractivity contribution >= 4 is 6.09 Å². The number of ether oxygens (including phenoxy) is 1. The van der Waals surface area contributed by atoms with Crippen LogP contribution in [0.15, 0.2) is 30.3 Å². The van der Waals surface area contributed by atoms with Gasteiger partial charge < -0.3 is 14.7 Å². The van der Waals surface area contributed by atoms with Crippen LogP contribution >= 0.6 is 0 Å². The lowest BCUT2D eigenvalue weighted by Crippen LogP contribution is -2.52. The van der Waals surface area contributed by atoms with Crippen molar-refractivity contribution in [2.45, 2.75) is 51.2 Å². The molecule has 4 heteroatoms. The van der Waals surface area contributed by atoms with E-state index in [1.54, 1.807) is 4.90 Å². The molecule has 0 radical (unpaired) electrons. The number of piperidine rings is 1. The minimum Gasteiger partial charge on any atom is -0.444 e. The summed E-state index contributed by atoms with van der Waals surface area (Å²) < 4.78 is 5.40. The predicted octanol–water partition coefficient (Wildman–Crippen LogP) is 2.99. The molecular formula is C17H25NO3. The molecule has 1 aliphatic heterocycles. The first kappa shape index (κ1) is 15.8. The summed E-state index contributed by atoms with van der Waals surface area (Å²) in [5.74, 6) is 0. The molecule has 2 rings (SSSR count). The van der Waals surface area contributed by atoms with Crippen LogP contribution in [0.3, 0.4) is 0 Å². The van der Waals surface area contributed by atoms with E-state index in [2.05, 4.69) is 0 Å². The number of hydrogen-bond donors (Lipinski definition) is 1. The number of nitrogens with zero attached hydrogens (tertiary/aromatic N) is 1. The summed E-state index contributed by atoms with van der Waals surface area (Å²) in [4.78, 5) is 13.8. The van der Waals surface area contributed by atoms with E-state index in [-0.39, 0.29) is 6.09 Å². The molecule has 0 unspecified atom stereocenters. The van der Waals surface area contributed by atoms with Gasteiger partial charge in [-0.05, 0) is 39.2 Å². The molecule has 116 valence electrons. The first-order chi connectivity index (χ1) is 9.77. The van der Waals surface area contributed by atoms with Gasteiger partial charge in [-0.2, -0.15) is 0 Å². The molecule has 1 atom stereocenters. The van der Waals surface area contributed by atoms with Gasteiger partial charge in [0, 0.05) is 13.0 Å². The number of carbonyl (C=O) groups is 1. The van der Waals surface area contributed by atoms with Crippen LogP contribution in [-0.2, 0) is 11.2 Å². The molecule has 0 bridgehead atoms. The van der Waals surface area contributed by atoms with Crippen molar-refractivity contribution in [3.63, 3.8) is 0 Å². The Hall–Kier alpha value is -1.55. The maximum absolute atomic E-state index is 12.1. The number of β-amino-alcohol motifs (C(OH)–C–C–N with tert-alkyl or cyclic N) is 1. The largest absolute Gasteiger partial charge is 0.444 e. The van der Waals surface area contributed by atoms with Crippen molar-refractivity contribution in [2.75, 3.05) is 13.1 Å². The number of amides is 1. The lowest BCUT2D eigenvalue weighted by Gasteiger charge is -2.39. The van der Waals surface area contributed by atoms with Crippen molar-refractivity contribution in [1.82, 2.24) is 4.90 Å². The SMILES string of the molecule is CC(C)(C)OC(=O)N1CCC[C@@](O)(Cc2ccccc2)C1. The second-order valence-electron chi connectivity index (χ2n) is 6.89. The summed E-state index contributed by atoms with van der Waals surface area (Å²) >= 11 is 0.